The van der Waals surface area contributed by atoms with Crippen molar-refractivity contribution in [2.24, 2.45) is 0 Å². The first-order valence-corrected chi connectivity index (χ1v) is 13.7. The second-order valence-corrected chi connectivity index (χ2v) is 11.4. The molecule has 31 heavy (non-hydrogen) atoms. The molecule has 0 aliphatic carbocycles. The molecule has 5 heterocycles. The van der Waals surface area contributed by atoms with E-state index in [1.165, 1.54) is 79.7 Å². The Labute approximate surface area is 193 Å². The Morgan fingerprint density at radius 1 is 0.677 bits per heavy atom. The van der Waals surface area contributed by atoms with Gasteiger partial charge in [-0.15, -0.1) is 34.0 Å². The third-order valence-electron chi connectivity index (χ3n) is 6.02. The topological polar surface area (TPSA) is 26.3 Å². The normalized spacial score (nSPS) is 12.3. The maximum atomic E-state index is 6.21. The summed E-state index contributed by atoms with van der Waals surface area (Å²) >= 11 is 5.52. The van der Waals surface area contributed by atoms with Gasteiger partial charge in [-0.25, -0.2) is 0 Å². The van der Waals surface area contributed by atoms with Gasteiger partial charge in [0.15, 0.2) is 0 Å². The van der Waals surface area contributed by atoms with Gasteiger partial charge in [-0.3, -0.25) is 0 Å². The first-order chi connectivity index (χ1) is 15.3. The minimum Gasteiger partial charge on any atom is -0.455 e. The molecule has 0 aliphatic heterocycles. The van der Waals surface area contributed by atoms with Gasteiger partial charge in [0.2, 0.25) is 0 Å². The number of fused-ring (bicyclic) bond motifs is 6. The van der Waals surface area contributed by atoms with Crippen molar-refractivity contribution in [3.05, 3.63) is 46.7 Å². The Morgan fingerprint density at radius 3 is 2.39 bits per heavy atom. The lowest BCUT2D eigenvalue weighted by molar-refractivity contribution is 0.609. The number of thiophene rings is 3. The number of furan rings is 2. The van der Waals surface area contributed by atoms with Gasteiger partial charge >= 0.3 is 0 Å². The van der Waals surface area contributed by atoms with E-state index >= 15 is 0 Å². The van der Waals surface area contributed by atoms with E-state index in [1.54, 1.807) is 11.3 Å². The van der Waals surface area contributed by atoms with Crippen LogP contribution in [0, 0.1) is 0 Å². The van der Waals surface area contributed by atoms with Crippen LogP contribution < -0.4 is 0 Å². The van der Waals surface area contributed by atoms with E-state index in [1.807, 2.05) is 34.8 Å². The van der Waals surface area contributed by atoms with Gasteiger partial charge in [0, 0.05) is 37.5 Å². The van der Waals surface area contributed by atoms with Crippen molar-refractivity contribution in [3.63, 3.8) is 0 Å². The van der Waals surface area contributed by atoms with Crippen LogP contribution in [-0.2, 0) is 6.42 Å². The number of rotatable bonds is 8. The van der Waals surface area contributed by atoms with Crippen LogP contribution >= 0.6 is 34.0 Å². The molecule has 0 aliphatic rings. The highest BCUT2D eigenvalue weighted by atomic mass is 32.1. The second kappa shape index (κ2) is 8.12. The molecule has 0 radical (unpaired) electrons. The predicted octanol–water partition coefficient (Wildman–Crippen LogP) is 10.2. The molecule has 6 rings (SSSR count). The number of hydrogen-bond donors (Lipinski definition) is 0. The molecule has 2 nitrogen and oxygen atoms in total. The molecule has 0 N–H and O–H groups in total. The van der Waals surface area contributed by atoms with Crippen molar-refractivity contribution in [1.29, 1.82) is 0 Å². The summed E-state index contributed by atoms with van der Waals surface area (Å²) in [5.41, 5.74) is 3.77. The summed E-state index contributed by atoms with van der Waals surface area (Å²) in [6.07, 6.45) is 9.32. The first kappa shape index (κ1) is 19.6. The van der Waals surface area contributed by atoms with Crippen LogP contribution in [0.1, 0.15) is 50.3 Å². The summed E-state index contributed by atoms with van der Waals surface area (Å²) < 4.78 is 14.7. The zero-order valence-electron chi connectivity index (χ0n) is 17.5. The summed E-state index contributed by atoms with van der Waals surface area (Å²) in [4.78, 5) is 4.17. The molecule has 0 spiro atoms. The van der Waals surface area contributed by atoms with Gasteiger partial charge < -0.3 is 8.83 Å². The van der Waals surface area contributed by atoms with Crippen molar-refractivity contribution in [2.75, 3.05) is 0 Å². The van der Waals surface area contributed by atoms with Gasteiger partial charge in [0.05, 0.1) is 9.40 Å². The van der Waals surface area contributed by atoms with Crippen molar-refractivity contribution in [2.45, 2.75) is 51.9 Å². The molecule has 0 unspecified atom stereocenters. The molecular formula is C26H24O2S3. The predicted molar refractivity (Wildman–Crippen MR) is 137 cm³/mol. The zero-order chi connectivity index (χ0) is 20.8. The molecule has 158 valence electrons. The summed E-state index contributed by atoms with van der Waals surface area (Å²) in [7, 11) is 0. The van der Waals surface area contributed by atoms with E-state index in [0.717, 1.165) is 22.3 Å². The molecule has 5 heteroatoms. The van der Waals surface area contributed by atoms with Crippen LogP contribution in [0.15, 0.2) is 50.6 Å². The lowest BCUT2D eigenvalue weighted by Gasteiger charge is -1.99. The van der Waals surface area contributed by atoms with E-state index in [9.17, 15) is 0 Å². The van der Waals surface area contributed by atoms with Gasteiger partial charge in [0.1, 0.15) is 22.3 Å². The summed E-state index contributed by atoms with van der Waals surface area (Å²) in [5.74, 6) is 0. The van der Waals surface area contributed by atoms with E-state index in [0.29, 0.717) is 0 Å². The maximum absolute atomic E-state index is 6.21. The molecule has 0 fully saturated rings. The monoisotopic (exact) mass is 464 g/mol. The quantitative estimate of drug-likeness (QED) is 0.209. The third-order valence-corrected chi connectivity index (χ3v) is 9.44. The van der Waals surface area contributed by atoms with Crippen LogP contribution in [0.25, 0.3) is 52.3 Å². The van der Waals surface area contributed by atoms with E-state index < -0.39 is 0 Å². The SMILES string of the molecule is CCCCCCCCc1ccc(-c2cc3oc4cc5oc6ccsc6c5cc4c3s2)s1. The number of unbranched alkanes of at least 4 members (excludes halogenated alkanes) is 5. The highest BCUT2D eigenvalue weighted by Crippen LogP contribution is 2.44. The minimum absolute atomic E-state index is 0.911. The average Bonchev–Trinajstić information content (AvgIpc) is 3.55. The van der Waals surface area contributed by atoms with Gasteiger partial charge in [-0.1, -0.05) is 39.0 Å². The Kier molecular flexibility index (Phi) is 5.13. The average molecular weight is 465 g/mol. The van der Waals surface area contributed by atoms with E-state index in [2.05, 4.69) is 36.6 Å². The molecule has 0 atom stereocenters. The molecule has 0 saturated carbocycles. The number of aryl methyl sites for hydroxylation is 1. The highest BCUT2D eigenvalue weighted by Gasteiger charge is 2.17. The van der Waals surface area contributed by atoms with E-state index in [4.69, 9.17) is 8.83 Å². The van der Waals surface area contributed by atoms with Crippen molar-refractivity contribution >= 4 is 76.5 Å². The van der Waals surface area contributed by atoms with Crippen molar-refractivity contribution in [1.82, 2.24) is 0 Å². The molecule has 1 aromatic carbocycles. The standard InChI is InChI=1S/C26H24O2S3/c1-2-3-4-5-6-7-8-16-9-10-23(30-16)24-15-22-26(31-24)18-13-17-20(14-21(18)28-22)27-19-11-12-29-25(17)19/h9-15H,2-8H2,1H3. The first-order valence-electron chi connectivity index (χ1n) is 11.1. The second-order valence-electron chi connectivity index (χ2n) is 8.25. The summed E-state index contributed by atoms with van der Waals surface area (Å²) in [5, 5.41) is 4.47. The van der Waals surface area contributed by atoms with Gasteiger partial charge in [0.25, 0.3) is 0 Å². The molecular weight excluding hydrogens is 440 g/mol. The van der Waals surface area contributed by atoms with Crippen LogP contribution in [-0.4, -0.2) is 0 Å². The Bertz CT molecular complexity index is 1490. The lowest BCUT2D eigenvalue weighted by atomic mass is 10.1. The Morgan fingerprint density at radius 2 is 1.48 bits per heavy atom. The minimum atomic E-state index is 0.911. The molecule has 6 aromatic rings. The van der Waals surface area contributed by atoms with Crippen LogP contribution in [0.5, 0.6) is 0 Å². The molecule has 0 amide bonds. The highest BCUT2D eigenvalue weighted by molar-refractivity contribution is 7.26. The van der Waals surface area contributed by atoms with Gasteiger partial charge in [-0.05, 0) is 42.5 Å². The summed E-state index contributed by atoms with van der Waals surface area (Å²) in [6, 6.07) is 13.1. The fourth-order valence-corrected chi connectivity index (χ4v) is 7.46. The maximum Gasteiger partial charge on any atom is 0.146 e. The zero-order valence-corrected chi connectivity index (χ0v) is 20.0. The molecule has 0 bridgehead atoms. The van der Waals surface area contributed by atoms with Gasteiger partial charge in [-0.2, -0.15) is 0 Å². The fraction of sp³-hybridized carbons (Fsp3) is 0.308. The molecule has 0 saturated heterocycles. The summed E-state index contributed by atoms with van der Waals surface area (Å²) in [6.45, 7) is 2.28. The Balaban J connectivity index is 1.27. The molecule has 5 aromatic heterocycles. The van der Waals surface area contributed by atoms with Crippen molar-refractivity contribution < 1.29 is 8.83 Å². The lowest BCUT2D eigenvalue weighted by Crippen LogP contribution is -1.82. The number of hydrogen-bond acceptors (Lipinski definition) is 5. The van der Waals surface area contributed by atoms with E-state index in [-0.39, 0.29) is 0 Å². The fourth-order valence-electron chi connectivity index (χ4n) is 4.38. The smallest absolute Gasteiger partial charge is 0.146 e. The Hall–Kier alpha value is -2.08. The number of benzene rings is 1. The largest absolute Gasteiger partial charge is 0.455 e. The van der Waals surface area contributed by atoms with Crippen LogP contribution in [0.2, 0.25) is 0 Å². The van der Waals surface area contributed by atoms with Crippen LogP contribution in [0.4, 0.5) is 0 Å². The van der Waals surface area contributed by atoms with Crippen LogP contribution in [0.3, 0.4) is 0 Å². The third kappa shape index (κ3) is 3.53. The van der Waals surface area contributed by atoms with Crippen molar-refractivity contribution in [3.8, 4) is 9.75 Å².